The third-order valence-corrected chi connectivity index (χ3v) is 4.15. The van der Waals surface area contributed by atoms with Crippen LogP contribution in [0.25, 0.3) is 0 Å². The highest BCUT2D eigenvalue weighted by Gasteiger charge is 2.20. The predicted octanol–water partition coefficient (Wildman–Crippen LogP) is 5.04. The van der Waals surface area contributed by atoms with Gasteiger partial charge < -0.3 is 10.1 Å². The Bertz CT molecular complexity index is 731. The van der Waals surface area contributed by atoms with Gasteiger partial charge in [0.05, 0.1) is 28.8 Å². The van der Waals surface area contributed by atoms with Crippen LogP contribution in [0.1, 0.15) is 48.5 Å². The highest BCUT2D eigenvalue weighted by atomic mass is 35.5. The third kappa shape index (κ3) is 5.07. The number of hydrogen-bond acceptors (Lipinski definition) is 3. The molecule has 0 unspecified atom stereocenters. The maximum absolute atomic E-state index is 12.7. The zero-order chi connectivity index (χ0) is 18.2. The molecule has 0 fully saturated rings. The van der Waals surface area contributed by atoms with Gasteiger partial charge in [-0.2, -0.15) is 0 Å². The summed E-state index contributed by atoms with van der Waals surface area (Å²) in [6.07, 6.45) is 1.41. The Morgan fingerprint density at radius 1 is 1.12 bits per heavy atom. The fourth-order valence-electron chi connectivity index (χ4n) is 2.50. The molecule has 0 heterocycles. The molecule has 2 aromatic carbocycles. The molecule has 0 saturated heterocycles. The van der Waals surface area contributed by atoms with Crippen molar-refractivity contribution in [1.29, 1.82) is 0 Å². The van der Waals surface area contributed by atoms with Gasteiger partial charge in [0, 0.05) is 0 Å². The van der Waals surface area contributed by atoms with Crippen molar-refractivity contribution in [2.75, 3.05) is 11.9 Å². The van der Waals surface area contributed by atoms with Crippen molar-refractivity contribution in [3.8, 4) is 0 Å². The first-order chi connectivity index (χ1) is 12.1. The van der Waals surface area contributed by atoms with Gasteiger partial charge in [0.1, 0.15) is 0 Å². The molecule has 0 saturated carbocycles. The summed E-state index contributed by atoms with van der Waals surface area (Å²) in [5, 5.41) is 3.21. The molecular weight excluding hydrogens is 338 g/mol. The van der Waals surface area contributed by atoms with Gasteiger partial charge in [-0.05, 0) is 36.6 Å². The number of amides is 1. The third-order valence-electron chi connectivity index (χ3n) is 3.82. The lowest BCUT2D eigenvalue weighted by atomic mass is 9.95. The van der Waals surface area contributed by atoms with E-state index in [4.69, 9.17) is 16.3 Å². The maximum atomic E-state index is 12.7. The number of halogens is 1. The predicted molar refractivity (Wildman–Crippen MR) is 100 cm³/mol. The van der Waals surface area contributed by atoms with Crippen molar-refractivity contribution < 1.29 is 14.3 Å². The zero-order valence-electron chi connectivity index (χ0n) is 14.4. The van der Waals surface area contributed by atoms with Gasteiger partial charge in [-0.1, -0.05) is 55.8 Å². The molecule has 132 valence electrons. The van der Waals surface area contributed by atoms with Crippen LogP contribution in [-0.4, -0.2) is 18.5 Å². The molecule has 0 aliphatic carbocycles. The van der Waals surface area contributed by atoms with Crippen LogP contribution in [0.2, 0.25) is 5.02 Å². The van der Waals surface area contributed by atoms with Crippen molar-refractivity contribution >= 4 is 29.2 Å². The van der Waals surface area contributed by atoms with Gasteiger partial charge >= 0.3 is 5.97 Å². The van der Waals surface area contributed by atoms with Crippen molar-refractivity contribution in [2.45, 2.75) is 32.6 Å². The molecule has 1 atom stereocenters. The van der Waals surface area contributed by atoms with Crippen molar-refractivity contribution in [3.63, 3.8) is 0 Å². The van der Waals surface area contributed by atoms with E-state index in [1.165, 1.54) is 0 Å². The van der Waals surface area contributed by atoms with E-state index >= 15 is 0 Å². The van der Waals surface area contributed by atoms with E-state index in [0.29, 0.717) is 29.3 Å². The lowest BCUT2D eigenvalue weighted by Gasteiger charge is -2.16. The summed E-state index contributed by atoms with van der Waals surface area (Å²) < 4.78 is 5.12. The largest absolute Gasteiger partial charge is 0.462 e. The number of ether oxygens (including phenoxy) is 1. The Morgan fingerprint density at radius 3 is 2.48 bits per heavy atom. The Labute approximate surface area is 153 Å². The van der Waals surface area contributed by atoms with E-state index in [-0.39, 0.29) is 11.8 Å². The SMILES string of the molecule is CCCOC(=O)c1ccc(Cl)c(NC(=O)[C@@H](CC)c2ccccc2)c1. The quantitative estimate of drug-likeness (QED) is 0.704. The maximum Gasteiger partial charge on any atom is 0.338 e. The Balaban J connectivity index is 2.18. The van der Waals surface area contributed by atoms with E-state index in [0.717, 1.165) is 12.0 Å². The molecule has 2 rings (SSSR count). The Hall–Kier alpha value is -2.33. The fourth-order valence-corrected chi connectivity index (χ4v) is 2.67. The summed E-state index contributed by atoms with van der Waals surface area (Å²) in [7, 11) is 0. The molecule has 0 spiro atoms. The molecule has 25 heavy (non-hydrogen) atoms. The minimum atomic E-state index is -0.427. The number of hydrogen-bond donors (Lipinski definition) is 1. The first-order valence-corrected chi connectivity index (χ1v) is 8.77. The molecule has 5 heteroatoms. The Kier molecular flexibility index (Phi) is 7.02. The topological polar surface area (TPSA) is 55.4 Å². The van der Waals surface area contributed by atoms with E-state index < -0.39 is 5.97 Å². The number of carbonyl (C=O) groups is 2. The summed E-state index contributed by atoms with van der Waals surface area (Å²) in [6.45, 7) is 4.24. The van der Waals surface area contributed by atoms with Gasteiger partial charge in [-0.15, -0.1) is 0 Å². The number of esters is 1. The second-order valence-electron chi connectivity index (χ2n) is 5.69. The smallest absolute Gasteiger partial charge is 0.338 e. The van der Waals surface area contributed by atoms with Crippen LogP contribution in [0.15, 0.2) is 48.5 Å². The molecule has 0 aliphatic rings. The summed E-state index contributed by atoms with van der Waals surface area (Å²) >= 11 is 6.18. The lowest BCUT2D eigenvalue weighted by molar-refractivity contribution is -0.117. The lowest BCUT2D eigenvalue weighted by Crippen LogP contribution is -2.21. The first kappa shape index (κ1) is 19.0. The van der Waals surface area contributed by atoms with Gasteiger partial charge in [0.2, 0.25) is 5.91 Å². The van der Waals surface area contributed by atoms with Crippen molar-refractivity contribution in [2.24, 2.45) is 0 Å². The fraction of sp³-hybridized carbons (Fsp3) is 0.300. The average Bonchev–Trinajstić information content (AvgIpc) is 2.63. The van der Waals surface area contributed by atoms with E-state index in [9.17, 15) is 9.59 Å². The normalized spacial score (nSPS) is 11.6. The van der Waals surface area contributed by atoms with E-state index in [1.54, 1.807) is 18.2 Å². The van der Waals surface area contributed by atoms with Crippen LogP contribution in [0.3, 0.4) is 0 Å². The number of nitrogens with one attached hydrogen (secondary N) is 1. The second kappa shape index (κ2) is 9.23. The van der Waals surface area contributed by atoms with Gasteiger partial charge in [0.25, 0.3) is 0 Å². The van der Waals surface area contributed by atoms with E-state index in [2.05, 4.69) is 5.32 Å². The molecule has 0 radical (unpaired) electrons. The number of carbonyl (C=O) groups excluding carboxylic acids is 2. The number of rotatable bonds is 7. The molecule has 0 aromatic heterocycles. The molecule has 1 N–H and O–H groups in total. The van der Waals surface area contributed by atoms with Crippen LogP contribution < -0.4 is 5.32 Å². The van der Waals surface area contributed by atoms with Crippen LogP contribution >= 0.6 is 11.6 Å². The van der Waals surface area contributed by atoms with Crippen LogP contribution in [-0.2, 0) is 9.53 Å². The van der Waals surface area contributed by atoms with Gasteiger partial charge in [0.15, 0.2) is 0 Å². The summed E-state index contributed by atoms with van der Waals surface area (Å²) in [4.78, 5) is 24.6. The van der Waals surface area contributed by atoms with Crippen molar-refractivity contribution in [3.05, 3.63) is 64.7 Å². The molecule has 0 bridgehead atoms. The van der Waals surface area contributed by atoms with Crippen LogP contribution in [0.4, 0.5) is 5.69 Å². The zero-order valence-corrected chi connectivity index (χ0v) is 15.2. The van der Waals surface area contributed by atoms with Crippen LogP contribution in [0, 0.1) is 0 Å². The van der Waals surface area contributed by atoms with Gasteiger partial charge in [-0.25, -0.2) is 4.79 Å². The van der Waals surface area contributed by atoms with Gasteiger partial charge in [-0.3, -0.25) is 4.79 Å². The molecule has 4 nitrogen and oxygen atoms in total. The summed E-state index contributed by atoms with van der Waals surface area (Å²) in [5.41, 5.74) is 1.71. The minimum absolute atomic E-state index is 0.158. The monoisotopic (exact) mass is 359 g/mol. The average molecular weight is 360 g/mol. The molecule has 2 aromatic rings. The first-order valence-electron chi connectivity index (χ1n) is 8.39. The Morgan fingerprint density at radius 2 is 1.84 bits per heavy atom. The van der Waals surface area contributed by atoms with Crippen LogP contribution in [0.5, 0.6) is 0 Å². The minimum Gasteiger partial charge on any atom is -0.462 e. The highest BCUT2D eigenvalue weighted by Crippen LogP contribution is 2.27. The molecule has 0 aliphatic heterocycles. The number of anilines is 1. The molecule has 1 amide bonds. The summed E-state index contributed by atoms with van der Waals surface area (Å²) in [5.74, 6) is -0.869. The standard InChI is InChI=1S/C20H22ClNO3/c1-3-12-25-20(24)15-10-11-17(21)18(13-15)22-19(23)16(4-2)14-8-6-5-7-9-14/h5-11,13,16H,3-4,12H2,1-2H3,(H,22,23)/t16-/m0/s1. The molecular formula is C20H22ClNO3. The summed E-state index contributed by atoms with van der Waals surface area (Å²) in [6, 6.07) is 14.3. The van der Waals surface area contributed by atoms with Crippen molar-refractivity contribution in [1.82, 2.24) is 0 Å². The second-order valence-corrected chi connectivity index (χ2v) is 6.10. The highest BCUT2D eigenvalue weighted by molar-refractivity contribution is 6.34. The van der Waals surface area contributed by atoms with E-state index in [1.807, 2.05) is 44.2 Å². The number of benzene rings is 2.